The molecule has 1 atom stereocenters. The number of halogens is 1. The van der Waals surface area contributed by atoms with Gasteiger partial charge in [-0.05, 0) is 42.7 Å². The van der Waals surface area contributed by atoms with E-state index in [1.54, 1.807) is 35.2 Å². The minimum absolute atomic E-state index is 0.0791. The molecule has 0 bridgehead atoms. The number of hydrogen-bond acceptors (Lipinski definition) is 3. The van der Waals surface area contributed by atoms with E-state index in [-0.39, 0.29) is 23.8 Å². The van der Waals surface area contributed by atoms with Crippen LogP contribution in [0.15, 0.2) is 48.5 Å². The van der Waals surface area contributed by atoms with Crippen molar-refractivity contribution in [3.05, 3.63) is 64.7 Å². The highest BCUT2D eigenvalue weighted by Crippen LogP contribution is 2.28. The van der Waals surface area contributed by atoms with Gasteiger partial charge >= 0.3 is 5.97 Å². The zero-order valence-corrected chi connectivity index (χ0v) is 15.3. The number of nitrogens with zero attached hydrogens (tertiary/aromatic N) is 1. The molecule has 140 valence electrons. The van der Waals surface area contributed by atoms with Crippen LogP contribution in [-0.2, 0) is 16.0 Å². The Morgan fingerprint density at radius 1 is 1.15 bits per heavy atom. The molecule has 1 unspecified atom stereocenters. The second kappa shape index (κ2) is 8.22. The van der Waals surface area contributed by atoms with Gasteiger partial charge in [0.2, 0.25) is 11.8 Å². The van der Waals surface area contributed by atoms with Crippen molar-refractivity contribution in [1.29, 1.82) is 0 Å². The van der Waals surface area contributed by atoms with Crippen LogP contribution in [0.3, 0.4) is 0 Å². The van der Waals surface area contributed by atoms with Gasteiger partial charge in [0.05, 0.1) is 22.7 Å². The largest absolute Gasteiger partial charge is 0.478 e. The fourth-order valence-electron chi connectivity index (χ4n) is 3.11. The molecule has 0 saturated carbocycles. The number of benzene rings is 2. The number of carbonyl (C=O) groups is 3. The fourth-order valence-corrected chi connectivity index (χ4v) is 3.35. The molecule has 1 aliphatic heterocycles. The first-order valence-electron chi connectivity index (χ1n) is 8.63. The third kappa shape index (κ3) is 4.46. The van der Waals surface area contributed by atoms with Gasteiger partial charge in [-0.15, -0.1) is 0 Å². The lowest BCUT2D eigenvalue weighted by Gasteiger charge is -2.33. The van der Waals surface area contributed by atoms with Gasteiger partial charge in [-0.1, -0.05) is 35.9 Å². The van der Waals surface area contributed by atoms with Crippen molar-refractivity contribution in [1.82, 2.24) is 5.32 Å². The molecular weight excluding hydrogens is 368 g/mol. The van der Waals surface area contributed by atoms with Crippen LogP contribution in [0.25, 0.3) is 0 Å². The van der Waals surface area contributed by atoms with E-state index in [9.17, 15) is 14.4 Å². The summed E-state index contributed by atoms with van der Waals surface area (Å²) in [6, 6.07) is 12.6. The number of nitrogens with one attached hydrogen (secondary N) is 1. The normalized spacial score (nSPS) is 16.9. The van der Waals surface area contributed by atoms with Crippen molar-refractivity contribution < 1.29 is 19.5 Å². The van der Waals surface area contributed by atoms with Gasteiger partial charge in [0, 0.05) is 6.54 Å². The van der Waals surface area contributed by atoms with Crippen molar-refractivity contribution in [3.8, 4) is 0 Å². The van der Waals surface area contributed by atoms with Gasteiger partial charge in [-0.3, -0.25) is 9.59 Å². The van der Waals surface area contributed by atoms with E-state index in [0.29, 0.717) is 29.2 Å². The van der Waals surface area contributed by atoms with Crippen molar-refractivity contribution in [3.63, 3.8) is 0 Å². The molecule has 2 N–H and O–H groups in total. The number of carboxylic acid groups (broad SMARTS) is 1. The Kier molecular flexibility index (Phi) is 5.76. The number of amides is 2. The van der Waals surface area contributed by atoms with Gasteiger partial charge in [-0.2, -0.15) is 0 Å². The molecule has 0 aliphatic carbocycles. The Morgan fingerprint density at radius 3 is 2.52 bits per heavy atom. The van der Waals surface area contributed by atoms with E-state index in [1.165, 1.54) is 12.1 Å². The predicted octanol–water partition coefficient (Wildman–Crippen LogP) is 2.89. The third-order valence-electron chi connectivity index (χ3n) is 4.48. The van der Waals surface area contributed by atoms with Crippen LogP contribution in [0.5, 0.6) is 0 Å². The van der Waals surface area contributed by atoms with Crippen LogP contribution in [0, 0.1) is 0 Å². The van der Waals surface area contributed by atoms with Crippen molar-refractivity contribution in [2.75, 3.05) is 11.4 Å². The Labute approximate surface area is 161 Å². The average Bonchev–Trinajstić information content (AvgIpc) is 2.64. The molecule has 0 spiro atoms. The molecule has 1 aliphatic rings. The Hall–Kier alpha value is -2.86. The zero-order valence-electron chi connectivity index (χ0n) is 14.5. The highest BCUT2D eigenvalue weighted by molar-refractivity contribution is 6.33. The summed E-state index contributed by atoms with van der Waals surface area (Å²) in [4.78, 5) is 37.6. The summed E-state index contributed by atoms with van der Waals surface area (Å²) in [6.07, 6.45) is 1.41. The number of hydrogen-bond donors (Lipinski definition) is 2. The molecule has 3 rings (SSSR count). The van der Waals surface area contributed by atoms with Gasteiger partial charge in [0.25, 0.3) is 0 Å². The van der Waals surface area contributed by atoms with Gasteiger partial charge in [-0.25, -0.2) is 4.79 Å². The summed E-state index contributed by atoms with van der Waals surface area (Å²) in [6.45, 7) is 0.561. The van der Waals surface area contributed by atoms with Crippen LogP contribution in [-0.4, -0.2) is 35.5 Å². The molecule has 1 saturated heterocycles. The van der Waals surface area contributed by atoms with Crippen LogP contribution < -0.4 is 10.2 Å². The number of para-hydroxylation sites is 1. The maximum Gasteiger partial charge on any atom is 0.335 e. The molecule has 2 aromatic carbocycles. The number of rotatable bonds is 5. The molecule has 2 amide bonds. The zero-order chi connectivity index (χ0) is 19.4. The van der Waals surface area contributed by atoms with Gasteiger partial charge in [0.1, 0.15) is 6.04 Å². The molecule has 6 nitrogen and oxygen atoms in total. The molecule has 2 aromatic rings. The lowest BCUT2D eigenvalue weighted by molar-refractivity contribution is -0.128. The third-order valence-corrected chi connectivity index (χ3v) is 4.80. The molecular formula is C20H19ClN2O4. The monoisotopic (exact) mass is 386 g/mol. The highest BCUT2D eigenvalue weighted by atomic mass is 35.5. The maximum absolute atomic E-state index is 12.8. The number of anilines is 1. The average molecular weight is 387 g/mol. The molecule has 27 heavy (non-hydrogen) atoms. The van der Waals surface area contributed by atoms with E-state index >= 15 is 0 Å². The lowest BCUT2D eigenvalue weighted by Crippen LogP contribution is -2.52. The summed E-state index contributed by atoms with van der Waals surface area (Å²) >= 11 is 6.20. The van der Waals surface area contributed by atoms with E-state index < -0.39 is 12.0 Å². The van der Waals surface area contributed by atoms with Crippen LogP contribution >= 0.6 is 11.6 Å². The van der Waals surface area contributed by atoms with E-state index in [0.717, 1.165) is 6.42 Å². The standard InChI is InChI=1S/C20H19ClN2O4/c21-15-4-1-2-6-17(15)23-11-3-5-16(19(23)25)22-18(24)12-13-7-9-14(10-8-13)20(26)27/h1-2,4,6-10,16H,3,5,11-12H2,(H,22,24)(H,26,27). The molecule has 1 heterocycles. The quantitative estimate of drug-likeness (QED) is 0.827. The summed E-state index contributed by atoms with van der Waals surface area (Å²) in [5, 5.41) is 12.2. The summed E-state index contributed by atoms with van der Waals surface area (Å²) < 4.78 is 0. The fraction of sp³-hybridized carbons (Fsp3) is 0.250. The summed E-state index contributed by atoms with van der Waals surface area (Å²) in [7, 11) is 0. The Bertz CT molecular complexity index is 867. The maximum atomic E-state index is 12.8. The smallest absolute Gasteiger partial charge is 0.335 e. The molecule has 0 aromatic heterocycles. The number of carbonyl (C=O) groups excluding carboxylic acids is 2. The first-order chi connectivity index (χ1) is 13.0. The first-order valence-corrected chi connectivity index (χ1v) is 9.01. The minimum atomic E-state index is -1.02. The molecule has 0 radical (unpaired) electrons. The van der Waals surface area contributed by atoms with E-state index in [4.69, 9.17) is 16.7 Å². The minimum Gasteiger partial charge on any atom is -0.478 e. The molecule has 7 heteroatoms. The van der Waals surface area contributed by atoms with Crippen molar-refractivity contribution in [2.24, 2.45) is 0 Å². The SMILES string of the molecule is O=C(Cc1ccc(C(=O)O)cc1)NC1CCCN(c2ccccc2Cl)C1=O. The Balaban J connectivity index is 1.64. The Morgan fingerprint density at radius 2 is 1.85 bits per heavy atom. The first kappa shape index (κ1) is 18.9. The summed E-state index contributed by atoms with van der Waals surface area (Å²) in [5.74, 6) is -1.47. The van der Waals surface area contributed by atoms with Gasteiger partial charge < -0.3 is 15.3 Å². The second-order valence-electron chi connectivity index (χ2n) is 6.38. The lowest BCUT2D eigenvalue weighted by atomic mass is 10.0. The predicted molar refractivity (Wildman–Crippen MR) is 102 cm³/mol. The topological polar surface area (TPSA) is 86.7 Å². The second-order valence-corrected chi connectivity index (χ2v) is 6.79. The number of carboxylic acids is 1. The van der Waals surface area contributed by atoms with Crippen molar-refractivity contribution >= 4 is 35.1 Å². The van der Waals surface area contributed by atoms with E-state index in [1.807, 2.05) is 6.07 Å². The van der Waals surface area contributed by atoms with Crippen LogP contribution in [0.1, 0.15) is 28.8 Å². The van der Waals surface area contributed by atoms with Gasteiger partial charge in [0.15, 0.2) is 0 Å². The number of piperidine rings is 1. The van der Waals surface area contributed by atoms with E-state index in [2.05, 4.69) is 5.32 Å². The number of aromatic carboxylic acids is 1. The van der Waals surface area contributed by atoms with Crippen molar-refractivity contribution in [2.45, 2.75) is 25.3 Å². The van der Waals surface area contributed by atoms with Crippen LogP contribution in [0.2, 0.25) is 5.02 Å². The summed E-state index contributed by atoms with van der Waals surface area (Å²) in [5.41, 5.74) is 1.49. The highest BCUT2D eigenvalue weighted by Gasteiger charge is 2.31. The van der Waals surface area contributed by atoms with Crippen LogP contribution in [0.4, 0.5) is 5.69 Å². The molecule has 1 fully saturated rings.